The Kier molecular flexibility index (Phi) is 3.30. The second-order valence-electron chi connectivity index (χ2n) is 4.26. The molecule has 0 aromatic rings. The topological polar surface area (TPSA) is 78.6 Å². The van der Waals surface area contributed by atoms with Crippen LogP contribution < -0.4 is 5.73 Å². The van der Waals surface area contributed by atoms with Crippen LogP contribution in [0, 0.1) is 5.92 Å². The van der Waals surface area contributed by atoms with Gasteiger partial charge in [0.05, 0.1) is 24.2 Å². The molecule has 2 saturated heterocycles. The van der Waals surface area contributed by atoms with Crippen LogP contribution in [0.1, 0.15) is 12.8 Å². The van der Waals surface area contributed by atoms with Gasteiger partial charge in [0.15, 0.2) is 16.1 Å². The first kappa shape index (κ1) is 11.3. The maximum Gasteiger partial charge on any atom is 0.158 e. The van der Waals surface area contributed by atoms with E-state index >= 15 is 0 Å². The van der Waals surface area contributed by atoms with Gasteiger partial charge >= 0.3 is 0 Å². The fourth-order valence-electron chi connectivity index (χ4n) is 2.09. The molecule has 2 aliphatic rings. The third-order valence-corrected chi connectivity index (χ3v) is 4.76. The fraction of sp³-hybridized carbons (Fsp3) is 1.00. The summed E-state index contributed by atoms with van der Waals surface area (Å²) in [4.78, 5) is 0. The van der Waals surface area contributed by atoms with Gasteiger partial charge in [0, 0.05) is 13.0 Å². The second-order valence-corrected chi connectivity index (χ2v) is 6.49. The van der Waals surface area contributed by atoms with E-state index in [4.69, 9.17) is 15.2 Å². The van der Waals surface area contributed by atoms with Gasteiger partial charge in [0.2, 0.25) is 0 Å². The van der Waals surface area contributed by atoms with Crippen LogP contribution in [0.3, 0.4) is 0 Å². The van der Waals surface area contributed by atoms with Gasteiger partial charge in [-0.25, -0.2) is 8.42 Å². The van der Waals surface area contributed by atoms with Gasteiger partial charge in [-0.15, -0.1) is 0 Å². The Hall–Kier alpha value is -0.170. The van der Waals surface area contributed by atoms with E-state index in [1.807, 2.05) is 0 Å². The van der Waals surface area contributed by atoms with Gasteiger partial charge < -0.3 is 15.2 Å². The predicted molar refractivity (Wildman–Crippen MR) is 55.0 cm³/mol. The van der Waals surface area contributed by atoms with E-state index in [-0.39, 0.29) is 24.1 Å². The van der Waals surface area contributed by atoms with Crippen LogP contribution in [0.5, 0.6) is 0 Å². The fourth-order valence-corrected chi connectivity index (χ4v) is 3.97. The molecule has 0 amide bonds. The van der Waals surface area contributed by atoms with Crippen molar-refractivity contribution in [1.29, 1.82) is 0 Å². The second kappa shape index (κ2) is 4.37. The van der Waals surface area contributed by atoms with Crippen LogP contribution in [0.15, 0.2) is 0 Å². The van der Waals surface area contributed by atoms with Crippen molar-refractivity contribution in [2.75, 3.05) is 24.7 Å². The lowest BCUT2D eigenvalue weighted by atomic mass is 10.1. The molecule has 5 nitrogen and oxygen atoms in total. The molecule has 0 aromatic carbocycles. The Bertz CT molecular complexity index is 316. The van der Waals surface area contributed by atoms with Gasteiger partial charge in [0.1, 0.15) is 0 Å². The largest absolute Gasteiger partial charge is 0.350 e. The molecule has 3 unspecified atom stereocenters. The molecule has 2 fully saturated rings. The lowest BCUT2D eigenvalue weighted by molar-refractivity contribution is -0.0681. The van der Waals surface area contributed by atoms with Crippen LogP contribution in [0.25, 0.3) is 0 Å². The highest BCUT2D eigenvalue weighted by molar-refractivity contribution is 7.91. The highest BCUT2D eigenvalue weighted by Crippen LogP contribution is 2.26. The molecule has 6 heteroatoms. The van der Waals surface area contributed by atoms with E-state index in [2.05, 4.69) is 0 Å². The van der Waals surface area contributed by atoms with Gasteiger partial charge in [-0.05, 0) is 12.3 Å². The lowest BCUT2D eigenvalue weighted by Crippen LogP contribution is -2.23. The third-order valence-electron chi connectivity index (χ3n) is 2.93. The van der Waals surface area contributed by atoms with Crippen LogP contribution >= 0.6 is 0 Å². The highest BCUT2D eigenvalue weighted by Gasteiger charge is 2.33. The summed E-state index contributed by atoms with van der Waals surface area (Å²) in [5, 5.41) is 0. The average Bonchev–Trinajstić information content (AvgIpc) is 2.73. The van der Waals surface area contributed by atoms with Gasteiger partial charge in [-0.2, -0.15) is 0 Å². The number of rotatable bonds is 3. The number of ether oxygens (including phenoxy) is 2. The van der Waals surface area contributed by atoms with Crippen molar-refractivity contribution in [2.24, 2.45) is 11.7 Å². The summed E-state index contributed by atoms with van der Waals surface area (Å²) in [5.74, 6) is 0.783. The minimum absolute atomic E-state index is 0.0204. The molecular weight excluding hydrogens is 218 g/mol. The Morgan fingerprint density at radius 1 is 1.40 bits per heavy atom. The summed E-state index contributed by atoms with van der Waals surface area (Å²) < 4.78 is 33.4. The van der Waals surface area contributed by atoms with Crippen molar-refractivity contribution < 1.29 is 17.9 Å². The smallest absolute Gasteiger partial charge is 0.158 e. The normalized spacial score (nSPS) is 39.7. The van der Waals surface area contributed by atoms with E-state index in [0.29, 0.717) is 25.3 Å². The van der Waals surface area contributed by atoms with Crippen molar-refractivity contribution >= 4 is 9.84 Å². The van der Waals surface area contributed by atoms with Gasteiger partial charge in [0.25, 0.3) is 0 Å². The van der Waals surface area contributed by atoms with Gasteiger partial charge in [-0.3, -0.25) is 0 Å². The summed E-state index contributed by atoms with van der Waals surface area (Å²) in [5.41, 5.74) is 5.45. The molecule has 15 heavy (non-hydrogen) atoms. The summed E-state index contributed by atoms with van der Waals surface area (Å²) in [6.45, 7) is 0.986. The van der Waals surface area contributed by atoms with E-state index in [9.17, 15) is 8.42 Å². The molecule has 0 aliphatic carbocycles. The van der Waals surface area contributed by atoms with E-state index in [1.54, 1.807) is 0 Å². The molecule has 0 saturated carbocycles. The average molecular weight is 235 g/mol. The highest BCUT2D eigenvalue weighted by atomic mass is 32.2. The summed E-state index contributed by atoms with van der Waals surface area (Å²) >= 11 is 0. The Morgan fingerprint density at radius 2 is 2.20 bits per heavy atom. The van der Waals surface area contributed by atoms with E-state index < -0.39 is 9.84 Å². The first-order valence-corrected chi connectivity index (χ1v) is 7.09. The van der Waals surface area contributed by atoms with Crippen molar-refractivity contribution in [2.45, 2.75) is 25.2 Å². The third kappa shape index (κ3) is 2.90. The van der Waals surface area contributed by atoms with Crippen molar-refractivity contribution in [3.8, 4) is 0 Å². The SMILES string of the molecule is NCC1COC(CC2CCS(=O)(=O)C2)O1. The van der Waals surface area contributed by atoms with Crippen molar-refractivity contribution in [3.05, 3.63) is 0 Å². The number of sulfone groups is 1. The van der Waals surface area contributed by atoms with Crippen molar-refractivity contribution in [1.82, 2.24) is 0 Å². The number of hydrogen-bond donors (Lipinski definition) is 1. The van der Waals surface area contributed by atoms with E-state index in [1.165, 1.54) is 0 Å². The molecule has 0 radical (unpaired) electrons. The monoisotopic (exact) mass is 235 g/mol. The lowest BCUT2D eigenvalue weighted by Gasteiger charge is -2.13. The molecule has 3 atom stereocenters. The van der Waals surface area contributed by atoms with Crippen LogP contribution in [0.4, 0.5) is 0 Å². The first-order chi connectivity index (χ1) is 7.09. The molecule has 0 spiro atoms. The van der Waals surface area contributed by atoms with E-state index in [0.717, 1.165) is 6.42 Å². The first-order valence-electron chi connectivity index (χ1n) is 5.26. The molecule has 0 aromatic heterocycles. The van der Waals surface area contributed by atoms with Crippen LogP contribution in [-0.2, 0) is 19.3 Å². The number of nitrogens with two attached hydrogens (primary N) is 1. The number of hydrogen-bond acceptors (Lipinski definition) is 5. The summed E-state index contributed by atoms with van der Waals surface area (Å²) in [7, 11) is -2.79. The Labute approximate surface area is 89.8 Å². The zero-order chi connectivity index (χ0) is 10.9. The summed E-state index contributed by atoms with van der Waals surface area (Å²) in [6.07, 6.45) is 1.14. The molecule has 0 bridgehead atoms. The maximum absolute atomic E-state index is 11.2. The quantitative estimate of drug-likeness (QED) is 0.714. The molecule has 88 valence electrons. The van der Waals surface area contributed by atoms with Crippen LogP contribution in [-0.4, -0.2) is 45.5 Å². The molecular formula is C9H17NO4S. The molecule has 2 aliphatic heterocycles. The van der Waals surface area contributed by atoms with Crippen molar-refractivity contribution in [3.63, 3.8) is 0 Å². The zero-order valence-corrected chi connectivity index (χ0v) is 9.41. The molecule has 2 N–H and O–H groups in total. The maximum atomic E-state index is 11.2. The standard InChI is InChI=1S/C9H17NO4S/c10-4-8-5-13-9(14-8)3-7-1-2-15(11,12)6-7/h7-9H,1-6,10H2. The molecule has 2 heterocycles. The Balaban J connectivity index is 1.79. The predicted octanol–water partition coefficient (Wildman–Crippen LogP) is -0.489. The summed E-state index contributed by atoms with van der Waals surface area (Å²) in [6, 6.07) is 0. The van der Waals surface area contributed by atoms with Crippen LogP contribution in [0.2, 0.25) is 0 Å². The zero-order valence-electron chi connectivity index (χ0n) is 8.59. The minimum Gasteiger partial charge on any atom is -0.350 e. The van der Waals surface area contributed by atoms with Gasteiger partial charge in [-0.1, -0.05) is 0 Å². The minimum atomic E-state index is -2.79. The molecule has 2 rings (SSSR count). The Morgan fingerprint density at radius 3 is 2.73 bits per heavy atom.